The van der Waals surface area contributed by atoms with Gasteiger partial charge in [0.2, 0.25) is 0 Å². The Kier molecular flexibility index (Phi) is 5.61. The fourth-order valence-corrected chi connectivity index (χ4v) is 1.29. The molecule has 66 valence electrons. The summed E-state index contributed by atoms with van der Waals surface area (Å²) in [5.74, 6) is 0.0802. The molecular formula is C9H17ClO. The Morgan fingerprint density at radius 3 is 2.27 bits per heavy atom. The van der Waals surface area contributed by atoms with Crippen LogP contribution >= 0.6 is 11.6 Å². The molecule has 0 aliphatic heterocycles. The van der Waals surface area contributed by atoms with E-state index in [0.717, 1.165) is 6.42 Å². The van der Waals surface area contributed by atoms with Crippen molar-refractivity contribution in [1.82, 2.24) is 0 Å². The van der Waals surface area contributed by atoms with Crippen LogP contribution in [0.15, 0.2) is 12.2 Å². The lowest BCUT2D eigenvalue weighted by molar-refractivity contribution is 0.148. The second-order valence-electron chi connectivity index (χ2n) is 2.83. The van der Waals surface area contributed by atoms with Crippen molar-refractivity contribution in [2.24, 2.45) is 5.92 Å². The molecule has 2 heteroatoms. The van der Waals surface area contributed by atoms with Crippen LogP contribution < -0.4 is 0 Å². The van der Waals surface area contributed by atoms with Crippen LogP contribution in [0.1, 0.15) is 27.2 Å². The van der Waals surface area contributed by atoms with Crippen LogP contribution in [0, 0.1) is 5.92 Å². The molecule has 0 fully saturated rings. The molecule has 11 heavy (non-hydrogen) atoms. The van der Waals surface area contributed by atoms with Gasteiger partial charge in [-0.2, -0.15) is 0 Å². The van der Waals surface area contributed by atoms with Gasteiger partial charge in [-0.1, -0.05) is 19.1 Å². The molecule has 0 aromatic rings. The molecule has 0 amide bonds. The summed E-state index contributed by atoms with van der Waals surface area (Å²) in [6, 6.07) is 0. The highest BCUT2D eigenvalue weighted by Crippen LogP contribution is 2.16. The number of hydrogen-bond donors (Lipinski definition) is 1. The topological polar surface area (TPSA) is 20.2 Å². The molecule has 0 aromatic heterocycles. The van der Waals surface area contributed by atoms with Crippen molar-refractivity contribution in [2.45, 2.75) is 38.7 Å². The molecule has 0 aliphatic rings. The number of halogens is 1. The summed E-state index contributed by atoms with van der Waals surface area (Å²) in [7, 11) is 0. The molecule has 1 N–H and O–H groups in total. The maximum atomic E-state index is 9.27. The van der Waals surface area contributed by atoms with E-state index in [9.17, 15) is 5.11 Å². The molecule has 0 bridgehead atoms. The summed E-state index contributed by atoms with van der Waals surface area (Å²) in [4.78, 5) is 0. The van der Waals surface area contributed by atoms with Crippen LogP contribution in [0.2, 0.25) is 0 Å². The molecule has 0 aromatic carbocycles. The number of allylic oxidation sites excluding steroid dienone is 1. The molecular weight excluding hydrogens is 160 g/mol. The standard InChI is InChI=1S/C9H17ClO/c1-4-5-6-9(7(2)10)8(3)11/h5-9,11H,4H2,1-3H3/b6-5-/t7-,8-,9?/m1/s1. The number of aliphatic hydroxyl groups excluding tert-OH is 1. The smallest absolute Gasteiger partial charge is 0.0588 e. The van der Waals surface area contributed by atoms with E-state index >= 15 is 0 Å². The van der Waals surface area contributed by atoms with Gasteiger partial charge in [-0.05, 0) is 20.3 Å². The summed E-state index contributed by atoms with van der Waals surface area (Å²) >= 11 is 5.86. The second kappa shape index (κ2) is 5.62. The highest BCUT2D eigenvalue weighted by atomic mass is 35.5. The van der Waals surface area contributed by atoms with E-state index in [1.807, 2.05) is 19.1 Å². The van der Waals surface area contributed by atoms with Crippen LogP contribution in [-0.2, 0) is 0 Å². The van der Waals surface area contributed by atoms with Crippen LogP contribution in [-0.4, -0.2) is 16.6 Å². The SMILES string of the molecule is CC/C=C\C([C@@H](C)O)[C@@H](C)Cl. The van der Waals surface area contributed by atoms with Gasteiger partial charge in [-0.3, -0.25) is 0 Å². The Morgan fingerprint density at radius 1 is 1.45 bits per heavy atom. The zero-order valence-corrected chi connectivity index (χ0v) is 8.17. The quantitative estimate of drug-likeness (QED) is 0.516. The zero-order valence-electron chi connectivity index (χ0n) is 7.42. The lowest BCUT2D eigenvalue weighted by Crippen LogP contribution is -2.21. The molecule has 1 unspecified atom stereocenters. The van der Waals surface area contributed by atoms with E-state index in [0.29, 0.717) is 0 Å². The second-order valence-corrected chi connectivity index (χ2v) is 3.52. The van der Waals surface area contributed by atoms with Gasteiger partial charge in [0.25, 0.3) is 0 Å². The third-order valence-corrected chi connectivity index (χ3v) is 1.97. The molecule has 1 nitrogen and oxygen atoms in total. The normalized spacial score (nSPS) is 20.1. The maximum absolute atomic E-state index is 9.27. The van der Waals surface area contributed by atoms with Gasteiger partial charge in [-0.25, -0.2) is 0 Å². The van der Waals surface area contributed by atoms with E-state index in [-0.39, 0.29) is 17.4 Å². The minimum Gasteiger partial charge on any atom is -0.393 e. The number of alkyl halides is 1. The summed E-state index contributed by atoms with van der Waals surface area (Å²) in [6.45, 7) is 5.73. The number of hydrogen-bond acceptors (Lipinski definition) is 1. The van der Waals surface area contributed by atoms with Crippen molar-refractivity contribution in [3.8, 4) is 0 Å². The number of rotatable bonds is 4. The Morgan fingerprint density at radius 2 is 2.00 bits per heavy atom. The zero-order chi connectivity index (χ0) is 8.85. The first-order valence-electron chi connectivity index (χ1n) is 4.08. The molecule has 0 rings (SSSR count). The maximum Gasteiger partial charge on any atom is 0.0588 e. The van der Waals surface area contributed by atoms with E-state index in [1.54, 1.807) is 6.92 Å². The summed E-state index contributed by atoms with van der Waals surface area (Å²) in [6.07, 6.45) is 4.66. The van der Waals surface area contributed by atoms with Gasteiger partial charge >= 0.3 is 0 Å². The van der Waals surface area contributed by atoms with Gasteiger partial charge in [-0.15, -0.1) is 11.6 Å². The van der Waals surface area contributed by atoms with E-state index in [4.69, 9.17) is 11.6 Å². The van der Waals surface area contributed by atoms with Crippen molar-refractivity contribution < 1.29 is 5.11 Å². The van der Waals surface area contributed by atoms with Crippen LogP contribution in [0.25, 0.3) is 0 Å². The number of aliphatic hydroxyl groups is 1. The summed E-state index contributed by atoms with van der Waals surface area (Å²) < 4.78 is 0. The fraction of sp³-hybridized carbons (Fsp3) is 0.778. The molecule has 3 atom stereocenters. The molecule has 0 heterocycles. The van der Waals surface area contributed by atoms with Crippen molar-refractivity contribution in [1.29, 1.82) is 0 Å². The Hall–Kier alpha value is -0.0100. The molecule has 0 radical (unpaired) electrons. The minimum atomic E-state index is -0.356. The predicted molar refractivity (Wildman–Crippen MR) is 49.9 cm³/mol. The first kappa shape index (κ1) is 11.0. The van der Waals surface area contributed by atoms with E-state index < -0.39 is 0 Å². The first-order valence-corrected chi connectivity index (χ1v) is 4.52. The Labute approximate surface area is 74.1 Å². The molecule has 0 aliphatic carbocycles. The molecule has 0 saturated carbocycles. The van der Waals surface area contributed by atoms with Crippen molar-refractivity contribution >= 4 is 11.6 Å². The monoisotopic (exact) mass is 176 g/mol. The van der Waals surface area contributed by atoms with Gasteiger partial charge in [0, 0.05) is 11.3 Å². The van der Waals surface area contributed by atoms with Crippen LogP contribution in [0.5, 0.6) is 0 Å². The highest BCUT2D eigenvalue weighted by Gasteiger charge is 2.16. The fourth-order valence-electron chi connectivity index (χ4n) is 0.991. The lowest BCUT2D eigenvalue weighted by Gasteiger charge is -2.17. The molecule has 0 saturated heterocycles. The largest absolute Gasteiger partial charge is 0.393 e. The third kappa shape index (κ3) is 4.44. The lowest BCUT2D eigenvalue weighted by atomic mass is 9.99. The average Bonchev–Trinajstić information content (AvgIpc) is 1.87. The summed E-state index contributed by atoms with van der Waals surface area (Å²) in [5, 5.41) is 9.27. The Balaban J connectivity index is 4.00. The van der Waals surface area contributed by atoms with Crippen molar-refractivity contribution in [2.75, 3.05) is 0 Å². The van der Waals surface area contributed by atoms with Crippen molar-refractivity contribution in [3.05, 3.63) is 12.2 Å². The van der Waals surface area contributed by atoms with E-state index in [2.05, 4.69) is 6.92 Å². The minimum absolute atomic E-state index is 0.00204. The first-order chi connectivity index (χ1) is 5.09. The highest BCUT2D eigenvalue weighted by molar-refractivity contribution is 6.20. The van der Waals surface area contributed by atoms with E-state index in [1.165, 1.54) is 0 Å². The Bertz CT molecular complexity index is 111. The predicted octanol–water partition coefficient (Wildman–Crippen LogP) is 2.58. The third-order valence-electron chi connectivity index (χ3n) is 1.68. The van der Waals surface area contributed by atoms with Gasteiger partial charge in [0.15, 0.2) is 0 Å². The van der Waals surface area contributed by atoms with Crippen LogP contribution in [0.4, 0.5) is 0 Å². The van der Waals surface area contributed by atoms with Crippen LogP contribution in [0.3, 0.4) is 0 Å². The van der Waals surface area contributed by atoms with Gasteiger partial charge in [0.1, 0.15) is 0 Å². The molecule has 0 spiro atoms. The van der Waals surface area contributed by atoms with Crippen molar-refractivity contribution in [3.63, 3.8) is 0 Å². The summed E-state index contributed by atoms with van der Waals surface area (Å²) in [5.41, 5.74) is 0. The van der Waals surface area contributed by atoms with Gasteiger partial charge in [0.05, 0.1) is 6.10 Å². The van der Waals surface area contributed by atoms with Gasteiger partial charge < -0.3 is 5.11 Å². The average molecular weight is 177 g/mol.